The van der Waals surface area contributed by atoms with E-state index in [0.29, 0.717) is 0 Å². The predicted octanol–water partition coefficient (Wildman–Crippen LogP) is 2.64. The largest absolute Gasteiger partial charge is 0.388 e. The Hall–Kier alpha value is -1.76. The topological polar surface area (TPSA) is 12.0 Å². The summed E-state index contributed by atoms with van der Waals surface area (Å²) in [5.41, 5.74) is 3.63. The summed E-state index contributed by atoms with van der Waals surface area (Å²) in [5, 5.41) is 3.20. The molecule has 0 bridgehead atoms. The minimum atomic E-state index is 1.15. The Bertz CT molecular complexity index is 401. The SMILES string of the molecule is CNC1=C2C=CC=CC=C2C=CC=C1. The molecule has 0 aliphatic heterocycles. The highest BCUT2D eigenvalue weighted by atomic mass is 14.8. The molecule has 0 fully saturated rings. The lowest BCUT2D eigenvalue weighted by Gasteiger charge is -2.07. The van der Waals surface area contributed by atoms with Gasteiger partial charge in [-0.1, -0.05) is 48.6 Å². The molecule has 0 spiro atoms. The summed E-state index contributed by atoms with van der Waals surface area (Å²) in [6, 6.07) is 0. The number of nitrogens with one attached hydrogen (secondary N) is 1. The molecule has 0 unspecified atom stereocenters. The van der Waals surface area contributed by atoms with E-state index < -0.39 is 0 Å². The standard InChI is InChI=1S/C13H13N/c1-14-13-10-6-5-8-11-7-3-2-4-9-12(11)13/h2-10,14H,1H3. The van der Waals surface area contributed by atoms with Crippen molar-refractivity contribution in [3.05, 3.63) is 71.5 Å². The first-order chi connectivity index (χ1) is 6.92. The molecule has 0 atom stereocenters. The van der Waals surface area contributed by atoms with Crippen molar-refractivity contribution in [2.75, 3.05) is 7.05 Å². The van der Waals surface area contributed by atoms with Crippen LogP contribution in [0.5, 0.6) is 0 Å². The van der Waals surface area contributed by atoms with Gasteiger partial charge in [0.25, 0.3) is 0 Å². The molecule has 70 valence electrons. The van der Waals surface area contributed by atoms with Crippen LogP contribution in [0, 0.1) is 0 Å². The maximum atomic E-state index is 3.20. The lowest BCUT2D eigenvalue weighted by Crippen LogP contribution is -2.06. The third-order valence-corrected chi connectivity index (χ3v) is 2.28. The van der Waals surface area contributed by atoms with Crippen LogP contribution in [0.2, 0.25) is 0 Å². The highest BCUT2D eigenvalue weighted by Gasteiger charge is 2.06. The lowest BCUT2D eigenvalue weighted by molar-refractivity contribution is 1.02. The van der Waals surface area contributed by atoms with E-state index in [9.17, 15) is 0 Å². The molecule has 1 nitrogen and oxygen atoms in total. The van der Waals surface area contributed by atoms with Crippen molar-refractivity contribution in [1.82, 2.24) is 5.32 Å². The molecule has 14 heavy (non-hydrogen) atoms. The Morgan fingerprint density at radius 2 is 1.64 bits per heavy atom. The number of likely N-dealkylation sites (N-methyl/N-ethyl adjacent to an activating group) is 1. The fourth-order valence-corrected chi connectivity index (χ4v) is 1.57. The minimum absolute atomic E-state index is 1.15. The van der Waals surface area contributed by atoms with Gasteiger partial charge in [-0.3, -0.25) is 0 Å². The molecular weight excluding hydrogens is 170 g/mol. The first kappa shape index (κ1) is 8.82. The van der Waals surface area contributed by atoms with Crippen molar-refractivity contribution >= 4 is 0 Å². The second-order valence-corrected chi connectivity index (χ2v) is 3.16. The van der Waals surface area contributed by atoms with E-state index in [2.05, 4.69) is 47.8 Å². The molecule has 0 aromatic heterocycles. The van der Waals surface area contributed by atoms with Gasteiger partial charge >= 0.3 is 0 Å². The molecule has 1 heteroatoms. The van der Waals surface area contributed by atoms with Crippen LogP contribution in [0.15, 0.2) is 71.5 Å². The van der Waals surface area contributed by atoms with Gasteiger partial charge in [0.05, 0.1) is 0 Å². The molecule has 0 aromatic rings. The van der Waals surface area contributed by atoms with E-state index in [1.807, 2.05) is 19.2 Å². The van der Waals surface area contributed by atoms with Crippen molar-refractivity contribution in [2.45, 2.75) is 0 Å². The molecule has 2 rings (SSSR count). The number of rotatable bonds is 1. The Labute approximate surface area is 84.5 Å². The highest BCUT2D eigenvalue weighted by Crippen LogP contribution is 2.21. The lowest BCUT2D eigenvalue weighted by atomic mass is 10.0. The van der Waals surface area contributed by atoms with Gasteiger partial charge in [0.2, 0.25) is 0 Å². The van der Waals surface area contributed by atoms with E-state index >= 15 is 0 Å². The number of fused-ring (bicyclic) bond motifs is 1. The summed E-state index contributed by atoms with van der Waals surface area (Å²) in [6.07, 6.45) is 18.7. The van der Waals surface area contributed by atoms with Crippen molar-refractivity contribution in [3.8, 4) is 0 Å². The summed E-state index contributed by atoms with van der Waals surface area (Å²) in [4.78, 5) is 0. The number of hydrogen-bond donors (Lipinski definition) is 1. The van der Waals surface area contributed by atoms with Gasteiger partial charge in [-0.15, -0.1) is 0 Å². The van der Waals surface area contributed by atoms with Gasteiger partial charge in [-0.2, -0.15) is 0 Å². The van der Waals surface area contributed by atoms with Gasteiger partial charge < -0.3 is 5.32 Å². The van der Waals surface area contributed by atoms with Crippen LogP contribution in [-0.4, -0.2) is 7.05 Å². The summed E-state index contributed by atoms with van der Waals surface area (Å²) in [5.74, 6) is 0. The van der Waals surface area contributed by atoms with E-state index in [0.717, 1.165) is 5.70 Å². The predicted molar refractivity (Wildman–Crippen MR) is 60.7 cm³/mol. The van der Waals surface area contributed by atoms with Crippen molar-refractivity contribution in [2.24, 2.45) is 0 Å². The van der Waals surface area contributed by atoms with Crippen molar-refractivity contribution < 1.29 is 0 Å². The minimum Gasteiger partial charge on any atom is -0.388 e. The average molecular weight is 183 g/mol. The molecule has 1 N–H and O–H groups in total. The van der Waals surface area contributed by atoms with Crippen molar-refractivity contribution in [3.63, 3.8) is 0 Å². The Balaban J connectivity index is 2.56. The van der Waals surface area contributed by atoms with Crippen LogP contribution >= 0.6 is 0 Å². The first-order valence-electron chi connectivity index (χ1n) is 4.74. The van der Waals surface area contributed by atoms with E-state index in [1.165, 1.54) is 11.1 Å². The molecule has 0 saturated heterocycles. The van der Waals surface area contributed by atoms with Gasteiger partial charge in [0, 0.05) is 18.3 Å². The molecule has 0 saturated carbocycles. The Morgan fingerprint density at radius 1 is 0.857 bits per heavy atom. The van der Waals surface area contributed by atoms with Gasteiger partial charge in [0.15, 0.2) is 0 Å². The zero-order valence-corrected chi connectivity index (χ0v) is 8.20. The fourth-order valence-electron chi connectivity index (χ4n) is 1.57. The second-order valence-electron chi connectivity index (χ2n) is 3.16. The molecule has 0 amide bonds. The van der Waals surface area contributed by atoms with Crippen LogP contribution in [0.3, 0.4) is 0 Å². The van der Waals surface area contributed by atoms with E-state index in [1.54, 1.807) is 0 Å². The first-order valence-corrected chi connectivity index (χ1v) is 4.74. The van der Waals surface area contributed by atoms with E-state index in [-0.39, 0.29) is 0 Å². The summed E-state index contributed by atoms with van der Waals surface area (Å²) in [7, 11) is 1.95. The monoisotopic (exact) mass is 183 g/mol. The Kier molecular flexibility index (Phi) is 2.50. The summed E-state index contributed by atoms with van der Waals surface area (Å²) < 4.78 is 0. The average Bonchev–Trinajstić information content (AvgIpc) is 2.51. The summed E-state index contributed by atoms with van der Waals surface area (Å²) in [6.45, 7) is 0. The van der Waals surface area contributed by atoms with Gasteiger partial charge in [-0.25, -0.2) is 0 Å². The maximum Gasteiger partial charge on any atom is 0.0417 e. The molecule has 0 aromatic carbocycles. The fraction of sp³-hybridized carbons (Fsp3) is 0.0769. The van der Waals surface area contributed by atoms with Gasteiger partial charge in [0.1, 0.15) is 0 Å². The summed E-state index contributed by atoms with van der Waals surface area (Å²) >= 11 is 0. The normalized spacial score (nSPS) is 18.8. The van der Waals surface area contributed by atoms with Gasteiger partial charge in [-0.05, 0) is 11.6 Å². The zero-order chi connectivity index (χ0) is 9.80. The van der Waals surface area contributed by atoms with Crippen LogP contribution in [0.4, 0.5) is 0 Å². The molecule has 2 aliphatic carbocycles. The smallest absolute Gasteiger partial charge is 0.0417 e. The molecular formula is C13H13N. The Morgan fingerprint density at radius 3 is 2.50 bits per heavy atom. The zero-order valence-electron chi connectivity index (χ0n) is 8.20. The maximum absolute atomic E-state index is 3.20. The number of hydrogen-bond acceptors (Lipinski definition) is 1. The van der Waals surface area contributed by atoms with E-state index in [4.69, 9.17) is 0 Å². The molecule has 0 radical (unpaired) electrons. The second kappa shape index (κ2) is 3.97. The molecule has 2 aliphatic rings. The molecule has 0 heterocycles. The number of allylic oxidation sites excluding steroid dienone is 11. The quantitative estimate of drug-likeness (QED) is 0.659. The van der Waals surface area contributed by atoms with Crippen LogP contribution < -0.4 is 5.32 Å². The van der Waals surface area contributed by atoms with Crippen LogP contribution in [-0.2, 0) is 0 Å². The third-order valence-electron chi connectivity index (χ3n) is 2.28. The van der Waals surface area contributed by atoms with Crippen LogP contribution in [0.1, 0.15) is 0 Å². The highest BCUT2D eigenvalue weighted by molar-refractivity contribution is 5.56. The third kappa shape index (κ3) is 1.62. The van der Waals surface area contributed by atoms with Crippen molar-refractivity contribution in [1.29, 1.82) is 0 Å². The van der Waals surface area contributed by atoms with Crippen LogP contribution in [0.25, 0.3) is 0 Å².